The minimum Gasteiger partial charge on any atom is -0.355 e. The molecule has 0 aromatic heterocycles. The van der Waals surface area contributed by atoms with Gasteiger partial charge in [-0.15, -0.1) is 0 Å². The van der Waals surface area contributed by atoms with E-state index in [0.717, 1.165) is 32.0 Å². The summed E-state index contributed by atoms with van der Waals surface area (Å²) in [6.07, 6.45) is 3.35. The van der Waals surface area contributed by atoms with Crippen molar-refractivity contribution in [2.45, 2.75) is 0 Å². The molecule has 0 aliphatic carbocycles. The summed E-state index contributed by atoms with van der Waals surface area (Å²) < 4.78 is 0. The van der Waals surface area contributed by atoms with E-state index >= 15 is 0 Å². The molecule has 0 N–H and O–H groups in total. The third-order valence-corrected chi connectivity index (χ3v) is 2.20. The summed E-state index contributed by atoms with van der Waals surface area (Å²) >= 11 is 0. The third kappa shape index (κ3) is 3.03. The van der Waals surface area contributed by atoms with E-state index in [1.807, 2.05) is 0 Å². The normalized spacial score (nSPS) is 19.3. The molecule has 0 spiro atoms. The lowest BCUT2D eigenvalue weighted by atomic mass is 10.3. The average molecular weight is 179 g/mol. The van der Waals surface area contributed by atoms with Crippen LogP contribution >= 0.6 is 0 Å². The van der Waals surface area contributed by atoms with Gasteiger partial charge >= 0.3 is 0 Å². The summed E-state index contributed by atoms with van der Waals surface area (Å²) in [5.41, 5.74) is 0. The molecule has 0 atom stereocenters. The number of likely N-dealkylation sites (N-methyl/N-ethyl adjacent to an activating group) is 1. The fraction of sp³-hybridized carbons (Fsp3) is 0.500. The Morgan fingerprint density at radius 1 is 1.31 bits per heavy atom. The first-order valence-corrected chi connectivity index (χ1v) is 4.51. The maximum absolute atomic E-state index is 4.16. The van der Waals surface area contributed by atoms with Crippen LogP contribution in [0.5, 0.6) is 0 Å². The van der Waals surface area contributed by atoms with E-state index in [1.165, 1.54) is 0 Å². The molecule has 1 aliphatic rings. The number of allylic oxidation sites excluding steroid dienone is 1. The number of nitrogens with zero attached hydrogens (tertiary/aromatic N) is 3. The van der Waals surface area contributed by atoms with Gasteiger partial charge in [-0.1, -0.05) is 19.2 Å². The summed E-state index contributed by atoms with van der Waals surface area (Å²) in [7, 11) is 2.13. The number of rotatable bonds is 3. The van der Waals surface area contributed by atoms with E-state index in [2.05, 4.69) is 35.0 Å². The standard InChI is InChI=1S/C10H17N3/c1-4-5-11-10(2)13-8-6-12(3)7-9-13/h4-5H,1-2,6-9H2,3H3. The average Bonchev–Trinajstić information content (AvgIpc) is 2.15. The first-order chi connectivity index (χ1) is 6.24. The van der Waals surface area contributed by atoms with Crippen LogP contribution in [-0.2, 0) is 0 Å². The van der Waals surface area contributed by atoms with E-state index in [0.29, 0.717) is 0 Å². The maximum Gasteiger partial charge on any atom is 0.121 e. The van der Waals surface area contributed by atoms with Crippen molar-refractivity contribution in [2.24, 2.45) is 4.99 Å². The van der Waals surface area contributed by atoms with Gasteiger partial charge in [0, 0.05) is 32.4 Å². The summed E-state index contributed by atoms with van der Waals surface area (Å²) in [5.74, 6) is 0.841. The Kier molecular flexibility index (Phi) is 3.71. The van der Waals surface area contributed by atoms with Crippen LogP contribution in [0.1, 0.15) is 0 Å². The first kappa shape index (κ1) is 9.99. The summed E-state index contributed by atoms with van der Waals surface area (Å²) in [6, 6.07) is 0. The van der Waals surface area contributed by atoms with Crippen molar-refractivity contribution in [3.63, 3.8) is 0 Å². The van der Waals surface area contributed by atoms with E-state index in [-0.39, 0.29) is 0 Å². The Hall–Kier alpha value is -1.09. The molecule has 0 amide bonds. The van der Waals surface area contributed by atoms with E-state index in [9.17, 15) is 0 Å². The van der Waals surface area contributed by atoms with Gasteiger partial charge in [0.2, 0.25) is 0 Å². The van der Waals surface area contributed by atoms with Crippen LogP contribution in [0.25, 0.3) is 0 Å². The van der Waals surface area contributed by atoms with Crippen molar-refractivity contribution < 1.29 is 0 Å². The number of hydrogen-bond acceptors (Lipinski definition) is 3. The molecule has 1 saturated heterocycles. The molecule has 1 fully saturated rings. The Balaban J connectivity index is 2.40. The fourth-order valence-corrected chi connectivity index (χ4v) is 1.28. The lowest BCUT2D eigenvalue weighted by Gasteiger charge is -2.33. The lowest BCUT2D eigenvalue weighted by Crippen LogP contribution is -2.43. The Morgan fingerprint density at radius 3 is 2.46 bits per heavy atom. The highest BCUT2D eigenvalue weighted by Crippen LogP contribution is 2.06. The monoisotopic (exact) mass is 179 g/mol. The Morgan fingerprint density at radius 2 is 1.92 bits per heavy atom. The number of hydrogen-bond donors (Lipinski definition) is 0. The fourth-order valence-electron chi connectivity index (χ4n) is 1.28. The molecule has 0 aromatic rings. The highest BCUT2D eigenvalue weighted by Gasteiger charge is 2.13. The van der Waals surface area contributed by atoms with E-state index in [1.54, 1.807) is 12.3 Å². The van der Waals surface area contributed by atoms with Gasteiger partial charge in [0.15, 0.2) is 0 Å². The highest BCUT2D eigenvalue weighted by molar-refractivity contribution is 5.71. The van der Waals surface area contributed by atoms with Gasteiger partial charge in [-0.05, 0) is 7.05 Å². The second kappa shape index (κ2) is 4.82. The zero-order valence-corrected chi connectivity index (χ0v) is 8.24. The molecule has 13 heavy (non-hydrogen) atoms. The predicted octanol–water partition coefficient (Wildman–Crippen LogP) is 0.962. The van der Waals surface area contributed by atoms with Crippen LogP contribution in [0, 0.1) is 0 Å². The van der Waals surface area contributed by atoms with Gasteiger partial charge in [0.25, 0.3) is 0 Å². The highest BCUT2D eigenvalue weighted by atomic mass is 15.3. The molecule has 0 saturated carbocycles. The Bertz CT molecular complexity index is 212. The quantitative estimate of drug-likeness (QED) is 0.601. The van der Waals surface area contributed by atoms with Crippen molar-refractivity contribution in [1.82, 2.24) is 9.80 Å². The second-order valence-electron chi connectivity index (χ2n) is 3.22. The summed E-state index contributed by atoms with van der Waals surface area (Å²) in [6.45, 7) is 11.7. The van der Waals surface area contributed by atoms with Crippen LogP contribution < -0.4 is 0 Å². The van der Waals surface area contributed by atoms with Crippen LogP contribution in [0.4, 0.5) is 0 Å². The number of aliphatic imine (C=N–C) groups is 1. The van der Waals surface area contributed by atoms with Gasteiger partial charge in [0.05, 0.1) is 0 Å². The van der Waals surface area contributed by atoms with Crippen LogP contribution in [0.15, 0.2) is 30.0 Å². The molecular formula is C10H17N3. The van der Waals surface area contributed by atoms with Gasteiger partial charge in [-0.2, -0.15) is 0 Å². The molecule has 72 valence electrons. The van der Waals surface area contributed by atoms with Crippen LogP contribution in [0.3, 0.4) is 0 Å². The van der Waals surface area contributed by atoms with Gasteiger partial charge in [-0.25, -0.2) is 4.99 Å². The van der Waals surface area contributed by atoms with Crippen molar-refractivity contribution in [2.75, 3.05) is 33.2 Å². The molecule has 0 unspecified atom stereocenters. The smallest absolute Gasteiger partial charge is 0.121 e. The second-order valence-corrected chi connectivity index (χ2v) is 3.22. The molecule has 1 rings (SSSR count). The van der Waals surface area contributed by atoms with Crippen molar-refractivity contribution >= 4 is 6.21 Å². The summed E-state index contributed by atoms with van der Waals surface area (Å²) in [5, 5.41) is 0. The molecule has 3 nitrogen and oxygen atoms in total. The van der Waals surface area contributed by atoms with Crippen molar-refractivity contribution in [3.8, 4) is 0 Å². The van der Waals surface area contributed by atoms with Crippen LogP contribution in [-0.4, -0.2) is 49.2 Å². The van der Waals surface area contributed by atoms with Crippen molar-refractivity contribution in [3.05, 3.63) is 25.1 Å². The molecule has 1 aliphatic heterocycles. The molecule has 3 heteroatoms. The molecule has 0 radical (unpaired) electrons. The zero-order valence-electron chi connectivity index (χ0n) is 8.24. The first-order valence-electron chi connectivity index (χ1n) is 4.51. The minimum absolute atomic E-state index is 0.841. The third-order valence-electron chi connectivity index (χ3n) is 2.20. The van der Waals surface area contributed by atoms with Crippen molar-refractivity contribution in [1.29, 1.82) is 0 Å². The van der Waals surface area contributed by atoms with E-state index < -0.39 is 0 Å². The topological polar surface area (TPSA) is 18.8 Å². The zero-order chi connectivity index (χ0) is 9.68. The van der Waals surface area contributed by atoms with Gasteiger partial charge in [-0.3, -0.25) is 0 Å². The van der Waals surface area contributed by atoms with Gasteiger partial charge < -0.3 is 9.80 Å². The Labute approximate surface area is 80.1 Å². The molecule has 0 aromatic carbocycles. The molecular weight excluding hydrogens is 162 g/mol. The van der Waals surface area contributed by atoms with E-state index in [4.69, 9.17) is 0 Å². The van der Waals surface area contributed by atoms with Gasteiger partial charge in [0.1, 0.15) is 5.82 Å². The minimum atomic E-state index is 0.841. The number of piperazine rings is 1. The largest absolute Gasteiger partial charge is 0.355 e. The predicted molar refractivity (Wildman–Crippen MR) is 56.9 cm³/mol. The summed E-state index contributed by atoms with van der Waals surface area (Å²) in [4.78, 5) is 8.66. The van der Waals surface area contributed by atoms with Crippen LogP contribution in [0.2, 0.25) is 0 Å². The lowest BCUT2D eigenvalue weighted by molar-refractivity contribution is 0.186. The molecule has 1 heterocycles. The maximum atomic E-state index is 4.16. The SMILES string of the molecule is C=CC=NC(=C)N1CCN(C)CC1. The molecule has 0 bridgehead atoms.